The second-order valence-electron chi connectivity index (χ2n) is 5.09. The summed E-state index contributed by atoms with van der Waals surface area (Å²) in [6.07, 6.45) is 1.73. The summed E-state index contributed by atoms with van der Waals surface area (Å²) in [6, 6.07) is 0. The first-order valence-corrected chi connectivity index (χ1v) is 7.46. The molecule has 1 heterocycles. The second kappa shape index (κ2) is 5.14. The lowest BCUT2D eigenvalue weighted by Gasteiger charge is -2.19. The highest BCUT2D eigenvalue weighted by Crippen LogP contribution is 2.05. The Hall–Kier alpha value is -0.950. The van der Waals surface area contributed by atoms with E-state index in [2.05, 4.69) is 36.3 Å². The fourth-order valence-electron chi connectivity index (χ4n) is 1.22. The highest BCUT2D eigenvalue weighted by molar-refractivity contribution is 7.89. The molecule has 0 radical (unpaired) electrons. The summed E-state index contributed by atoms with van der Waals surface area (Å²) in [5.41, 5.74) is 0.0373. The lowest BCUT2D eigenvalue weighted by molar-refractivity contribution is 0.404. The molecule has 0 spiro atoms. The summed E-state index contributed by atoms with van der Waals surface area (Å²) in [4.78, 5) is 0. The van der Waals surface area contributed by atoms with E-state index in [-0.39, 0.29) is 17.2 Å². The number of hydrogen-bond acceptors (Lipinski definition) is 6. The van der Waals surface area contributed by atoms with Crippen molar-refractivity contribution in [2.45, 2.75) is 38.5 Å². The fraction of sp³-hybridized carbons (Fsp3) is 0.800. The third-order valence-electron chi connectivity index (χ3n) is 1.89. The van der Waals surface area contributed by atoms with Crippen LogP contribution in [-0.2, 0) is 22.0 Å². The molecule has 0 amide bonds. The Labute approximate surface area is 102 Å². The van der Waals surface area contributed by atoms with Gasteiger partial charge in [-0.15, -0.1) is 10.2 Å². The molecule has 0 bridgehead atoms. The predicted octanol–water partition coefficient (Wildman–Crippen LogP) is 0.545. The SMILES string of the molecule is CC(C)(C)NCCc1nnc(CS(C)(=O)=O)o1. The molecule has 1 N–H and O–H groups in total. The van der Waals surface area contributed by atoms with Crippen LogP contribution in [0.4, 0.5) is 0 Å². The number of nitrogens with zero attached hydrogens (tertiary/aromatic N) is 2. The number of nitrogens with one attached hydrogen (secondary N) is 1. The van der Waals surface area contributed by atoms with Crippen molar-refractivity contribution < 1.29 is 12.8 Å². The Kier molecular flexibility index (Phi) is 4.26. The van der Waals surface area contributed by atoms with Crippen molar-refractivity contribution in [2.24, 2.45) is 0 Å². The van der Waals surface area contributed by atoms with Gasteiger partial charge in [-0.3, -0.25) is 0 Å². The lowest BCUT2D eigenvalue weighted by Crippen LogP contribution is -2.37. The zero-order valence-corrected chi connectivity index (χ0v) is 11.5. The smallest absolute Gasteiger partial charge is 0.231 e. The standard InChI is InChI=1S/C10H19N3O3S/c1-10(2,3)11-6-5-8-12-13-9(16-8)7-17(4,14)15/h11H,5-7H2,1-4H3. The minimum absolute atomic E-state index is 0.0373. The van der Waals surface area contributed by atoms with Gasteiger partial charge in [0, 0.05) is 24.8 Å². The average molecular weight is 261 g/mol. The molecule has 7 heteroatoms. The van der Waals surface area contributed by atoms with Crippen LogP contribution in [0.5, 0.6) is 0 Å². The minimum Gasteiger partial charge on any atom is -0.424 e. The van der Waals surface area contributed by atoms with Crippen LogP contribution in [0.3, 0.4) is 0 Å². The molecule has 0 aliphatic rings. The Bertz CT molecular complexity index is 459. The van der Waals surface area contributed by atoms with Crippen LogP contribution in [0.2, 0.25) is 0 Å². The maximum absolute atomic E-state index is 11.0. The summed E-state index contributed by atoms with van der Waals surface area (Å²) in [6.45, 7) is 6.91. The van der Waals surface area contributed by atoms with E-state index in [0.717, 1.165) is 6.26 Å². The van der Waals surface area contributed by atoms with Crippen LogP contribution in [0.25, 0.3) is 0 Å². The van der Waals surface area contributed by atoms with Gasteiger partial charge in [0.1, 0.15) is 5.75 Å². The highest BCUT2D eigenvalue weighted by Gasteiger charge is 2.13. The molecular formula is C10H19N3O3S. The van der Waals surface area contributed by atoms with Crippen molar-refractivity contribution in [3.63, 3.8) is 0 Å². The van der Waals surface area contributed by atoms with E-state index < -0.39 is 9.84 Å². The lowest BCUT2D eigenvalue weighted by atomic mass is 10.1. The van der Waals surface area contributed by atoms with Crippen molar-refractivity contribution in [3.8, 4) is 0 Å². The van der Waals surface area contributed by atoms with Gasteiger partial charge in [0.05, 0.1) is 0 Å². The summed E-state index contributed by atoms with van der Waals surface area (Å²) in [7, 11) is -3.12. The molecule has 98 valence electrons. The molecule has 0 aromatic carbocycles. The van der Waals surface area contributed by atoms with Gasteiger partial charge in [-0.1, -0.05) is 0 Å². The Morgan fingerprint density at radius 2 is 1.82 bits per heavy atom. The van der Waals surface area contributed by atoms with Gasteiger partial charge >= 0.3 is 0 Å². The number of aromatic nitrogens is 2. The van der Waals surface area contributed by atoms with Gasteiger partial charge < -0.3 is 9.73 Å². The zero-order chi connectivity index (χ0) is 13.1. The summed E-state index contributed by atoms with van der Waals surface area (Å²) in [5, 5.41) is 10.8. The van der Waals surface area contributed by atoms with Crippen molar-refractivity contribution in [3.05, 3.63) is 11.8 Å². The molecule has 0 atom stereocenters. The van der Waals surface area contributed by atoms with E-state index in [9.17, 15) is 8.42 Å². The topological polar surface area (TPSA) is 85.1 Å². The fourth-order valence-corrected chi connectivity index (χ4v) is 1.78. The Balaban J connectivity index is 2.47. The molecule has 1 aromatic rings. The molecule has 0 fully saturated rings. The predicted molar refractivity (Wildman–Crippen MR) is 64.3 cm³/mol. The second-order valence-corrected chi connectivity index (χ2v) is 7.23. The Morgan fingerprint density at radius 1 is 1.24 bits per heavy atom. The third-order valence-corrected chi connectivity index (χ3v) is 2.66. The van der Waals surface area contributed by atoms with E-state index in [4.69, 9.17) is 4.42 Å². The largest absolute Gasteiger partial charge is 0.424 e. The van der Waals surface area contributed by atoms with Crippen LogP contribution in [0.1, 0.15) is 32.6 Å². The van der Waals surface area contributed by atoms with Crippen LogP contribution in [-0.4, -0.2) is 37.0 Å². The number of rotatable bonds is 5. The molecule has 0 saturated carbocycles. The van der Waals surface area contributed by atoms with Gasteiger partial charge in [0.15, 0.2) is 9.84 Å². The molecule has 6 nitrogen and oxygen atoms in total. The van der Waals surface area contributed by atoms with E-state index in [0.29, 0.717) is 18.9 Å². The molecule has 1 aromatic heterocycles. The molecular weight excluding hydrogens is 242 g/mol. The molecule has 1 rings (SSSR count). The molecule has 0 aliphatic carbocycles. The van der Waals surface area contributed by atoms with Crippen molar-refractivity contribution in [2.75, 3.05) is 12.8 Å². The summed E-state index contributed by atoms with van der Waals surface area (Å²) >= 11 is 0. The normalized spacial score (nSPS) is 12.9. The van der Waals surface area contributed by atoms with Crippen molar-refractivity contribution >= 4 is 9.84 Å². The van der Waals surface area contributed by atoms with Gasteiger partial charge in [-0.05, 0) is 20.8 Å². The average Bonchev–Trinajstić information content (AvgIpc) is 2.46. The van der Waals surface area contributed by atoms with Crippen LogP contribution >= 0.6 is 0 Å². The highest BCUT2D eigenvalue weighted by atomic mass is 32.2. The van der Waals surface area contributed by atoms with Crippen molar-refractivity contribution in [1.29, 1.82) is 0 Å². The van der Waals surface area contributed by atoms with Gasteiger partial charge in [0.2, 0.25) is 11.8 Å². The molecule has 0 aliphatic heterocycles. The van der Waals surface area contributed by atoms with Crippen LogP contribution < -0.4 is 5.32 Å². The minimum atomic E-state index is -3.12. The first-order valence-electron chi connectivity index (χ1n) is 5.40. The summed E-state index contributed by atoms with van der Waals surface area (Å²) < 4.78 is 27.3. The molecule has 17 heavy (non-hydrogen) atoms. The third kappa shape index (κ3) is 6.38. The monoisotopic (exact) mass is 261 g/mol. The number of hydrogen-bond donors (Lipinski definition) is 1. The Morgan fingerprint density at radius 3 is 2.35 bits per heavy atom. The van der Waals surface area contributed by atoms with Gasteiger partial charge in [-0.25, -0.2) is 8.42 Å². The molecule has 0 saturated heterocycles. The zero-order valence-electron chi connectivity index (χ0n) is 10.6. The van der Waals surface area contributed by atoms with E-state index in [1.165, 1.54) is 0 Å². The first kappa shape index (κ1) is 14.1. The van der Waals surface area contributed by atoms with Crippen molar-refractivity contribution in [1.82, 2.24) is 15.5 Å². The molecule has 0 unspecified atom stereocenters. The quantitative estimate of drug-likeness (QED) is 0.833. The van der Waals surface area contributed by atoms with E-state index in [1.54, 1.807) is 0 Å². The van der Waals surface area contributed by atoms with Gasteiger partial charge in [0.25, 0.3) is 0 Å². The summed E-state index contributed by atoms with van der Waals surface area (Å²) in [5.74, 6) is 0.408. The maximum Gasteiger partial charge on any atom is 0.231 e. The van der Waals surface area contributed by atoms with Crippen LogP contribution in [0, 0.1) is 0 Å². The van der Waals surface area contributed by atoms with E-state index in [1.807, 2.05) is 0 Å². The van der Waals surface area contributed by atoms with Gasteiger partial charge in [-0.2, -0.15) is 0 Å². The number of sulfone groups is 1. The van der Waals surface area contributed by atoms with E-state index >= 15 is 0 Å². The maximum atomic E-state index is 11.0. The van der Waals surface area contributed by atoms with Crippen LogP contribution in [0.15, 0.2) is 4.42 Å². The first-order chi connectivity index (χ1) is 7.66.